The van der Waals surface area contributed by atoms with E-state index >= 15 is 0 Å². The minimum absolute atomic E-state index is 0.295. The lowest BCUT2D eigenvalue weighted by Crippen LogP contribution is -2.13. The summed E-state index contributed by atoms with van der Waals surface area (Å²) in [5.41, 5.74) is 6.88. The molecule has 0 fully saturated rings. The number of carbonyl (C=O) groups is 1. The number of nitrogen functional groups attached to an aromatic ring is 1. The molecule has 0 aromatic carbocycles. The summed E-state index contributed by atoms with van der Waals surface area (Å²) in [6.45, 7) is 0. The highest BCUT2D eigenvalue weighted by Gasteiger charge is 2.07. The van der Waals surface area contributed by atoms with Crippen LogP contribution in [0.3, 0.4) is 0 Å². The van der Waals surface area contributed by atoms with Crippen molar-refractivity contribution in [3.8, 4) is 0 Å². The Morgan fingerprint density at radius 3 is 2.87 bits per heavy atom. The number of carbonyl (C=O) groups excluding carboxylic acids is 1. The first-order valence-corrected chi connectivity index (χ1v) is 4.27. The van der Waals surface area contributed by atoms with Gasteiger partial charge in [0.25, 0.3) is 5.91 Å². The van der Waals surface area contributed by atoms with Crippen molar-refractivity contribution >= 4 is 17.3 Å². The average Bonchev–Trinajstić information content (AvgIpc) is 2.71. The Bertz CT molecular complexity index is 448. The summed E-state index contributed by atoms with van der Waals surface area (Å²) in [5.74, 6) is -0.295. The van der Waals surface area contributed by atoms with Crippen molar-refractivity contribution in [3.05, 3.63) is 36.4 Å². The molecule has 76 valence electrons. The normalized spacial score (nSPS) is 9.87. The first kappa shape index (κ1) is 9.20. The second-order valence-corrected chi connectivity index (χ2v) is 2.92. The molecule has 4 N–H and O–H groups in total. The highest BCUT2D eigenvalue weighted by molar-refractivity contribution is 6.02. The molecule has 2 heterocycles. The number of hydrogen-bond acceptors (Lipinski definition) is 4. The number of pyridine rings is 1. The summed E-state index contributed by atoms with van der Waals surface area (Å²) in [5, 5.41) is 8.92. The van der Waals surface area contributed by atoms with Crippen LogP contribution in [0.5, 0.6) is 0 Å². The van der Waals surface area contributed by atoms with Crippen molar-refractivity contribution in [2.45, 2.75) is 0 Å². The summed E-state index contributed by atoms with van der Waals surface area (Å²) in [6.07, 6.45) is 4.52. The molecular weight excluding hydrogens is 194 g/mol. The number of aromatic amines is 1. The molecule has 0 aliphatic carbocycles. The van der Waals surface area contributed by atoms with Crippen molar-refractivity contribution in [1.82, 2.24) is 15.2 Å². The highest BCUT2D eigenvalue weighted by Crippen LogP contribution is 2.06. The topological polar surface area (TPSA) is 96.7 Å². The van der Waals surface area contributed by atoms with Gasteiger partial charge < -0.3 is 11.1 Å². The molecule has 0 saturated carbocycles. The van der Waals surface area contributed by atoms with Crippen LogP contribution in [0.1, 0.15) is 10.5 Å². The first-order valence-electron chi connectivity index (χ1n) is 4.27. The number of aromatic nitrogens is 3. The van der Waals surface area contributed by atoms with Gasteiger partial charge in [-0.3, -0.25) is 9.89 Å². The number of H-pyrrole nitrogens is 1. The van der Waals surface area contributed by atoms with Crippen LogP contribution in [0.25, 0.3) is 0 Å². The second-order valence-electron chi connectivity index (χ2n) is 2.92. The number of amides is 1. The first-order chi connectivity index (χ1) is 7.25. The predicted octanol–water partition coefficient (Wildman–Crippen LogP) is 0.639. The Labute approximate surface area is 85.5 Å². The van der Waals surface area contributed by atoms with Crippen LogP contribution in [-0.2, 0) is 0 Å². The van der Waals surface area contributed by atoms with Crippen molar-refractivity contribution in [1.29, 1.82) is 0 Å². The molecule has 0 spiro atoms. The lowest BCUT2D eigenvalue weighted by molar-refractivity contribution is 0.102. The quantitative estimate of drug-likeness (QED) is 0.667. The Hall–Kier alpha value is -2.37. The van der Waals surface area contributed by atoms with Gasteiger partial charge in [0.1, 0.15) is 5.69 Å². The van der Waals surface area contributed by atoms with E-state index in [1.54, 1.807) is 18.3 Å². The fourth-order valence-electron chi connectivity index (χ4n) is 1.05. The van der Waals surface area contributed by atoms with Crippen LogP contribution in [0, 0.1) is 0 Å². The van der Waals surface area contributed by atoms with E-state index in [0.29, 0.717) is 17.1 Å². The van der Waals surface area contributed by atoms with Gasteiger partial charge in [0.2, 0.25) is 0 Å². The van der Waals surface area contributed by atoms with Crippen molar-refractivity contribution in [2.24, 2.45) is 0 Å². The number of rotatable bonds is 2. The van der Waals surface area contributed by atoms with Crippen LogP contribution < -0.4 is 11.1 Å². The lowest BCUT2D eigenvalue weighted by Gasteiger charge is -2.01. The van der Waals surface area contributed by atoms with Crippen molar-refractivity contribution in [3.63, 3.8) is 0 Å². The number of anilines is 2. The molecule has 2 aromatic rings. The summed E-state index contributed by atoms with van der Waals surface area (Å²) in [4.78, 5) is 15.5. The lowest BCUT2D eigenvalue weighted by atomic mass is 10.3. The van der Waals surface area contributed by atoms with Crippen LogP contribution >= 0.6 is 0 Å². The van der Waals surface area contributed by atoms with Crippen molar-refractivity contribution in [2.75, 3.05) is 11.1 Å². The number of nitrogens with zero attached hydrogens (tertiary/aromatic N) is 2. The van der Waals surface area contributed by atoms with Crippen LogP contribution in [0.4, 0.5) is 11.4 Å². The minimum atomic E-state index is -0.295. The Morgan fingerprint density at radius 1 is 1.40 bits per heavy atom. The third-order valence-corrected chi connectivity index (χ3v) is 1.78. The summed E-state index contributed by atoms with van der Waals surface area (Å²) < 4.78 is 0. The smallest absolute Gasteiger partial charge is 0.274 e. The maximum absolute atomic E-state index is 11.6. The van der Waals surface area contributed by atoms with Gasteiger partial charge in [-0.05, 0) is 12.1 Å². The van der Waals surface area contributed by atoms with Gasteiger partial charge in [0.05, 0.1) is 23.8 Å². The molecule has 0 bridgehead atoms. The predicted molar refractivity (Wildman–Crippen MR) is 55.2 cm³/mol. The van der Waals surface area contributed by atoms with Gasteiger partial charge in [-0.2, -0.15) is 5.10 Å². The third kappa shape index (κ3) is 2.11. The van der Waals surface area contributed by atoms with E-state index < -0.39 is 0 Å². The summed E-state index contributed by atoms with van der Waals surface area (Å²) >= 11 is 0. The number of hydrogen-bond donors (Lipinski definition) is 3. The van der Waals surface area contributed by atoms with E-state index in [-0.39, 0.29) is 5.91 Å². The molecular formula is C9H9N5O. The SMILES string of the molecule is Nc1ccc(C(=O)Nc2cn[nH]c2)nc1. The van der Waals surface area contributed by atoms with E-state index in [1.807, 2.05) is 0 Å². The van der Waals surface area contributed by atoms with Gasteiger partial charge in [-0.1, -0.05) is 0 Å². The van der Waals surface area contributed by atoms with E-state index in [0.717, 1.165) is 0 Å². The Balaban J connectivity index is 2.11. The zero-order valence-corrected chi connectivity index (χ0v) is 7.77. The monoisotopic (exact) mass is 203 g/mol. The molecule has 0 saturated heterocycles. The summed E-state index contributed by atoms with van der Waals surface area (Å²) in [7, 11) is 0. The van der Waals surface area contributed by atoms with Gasteiger partial charge >= 0.3 is 0 Å². The fourth-order valence-corrected chi connectivity index (χ4v) is 1.05. The second kappa shape index (κ2) is 3.79. The Kier molecular flexibility index (Phi) is 2.32. The number of nitrogens with one attached hydrogen (secondary N) is 2. The fraction of sp³-hybridized carbons (Fsp3) is 0. The van der Waals surface area contributed by atoms with E-state index in [2.05, 4.69) is 20.5 Å². The molecule has 2 rings (SSSR count). The highest BCUT2D eigenvalue weighted by atomic mass is 16.1. The molecule has 6 heteroatoms. The van der Waals surface area contributed by atoms with Crippen LogP contribution in [0.15, 0.2) is 30.7 Å². The zero-order valence-electron chi connectivity index (χ0n) is 7.77. The largest absolute Gasteiger partial charge is 0.397 e. The maximum atomic E-state index is 11.6. The van der Waals surface area contributed by atoms with Gasteiger partial charge in [-0.25, -0.2) is 4.98 Å². The Morgan fingerprint density at radius 2 is 2.27 bits per heavy atom. The van der Waals surface area contributed by atoms with Crippen LogP contribution in [-0.4, -0.2) is 21.1 Å². The molecule has 2 aromatic heterocycles. The molecule has 15 heavy (non-hydrogen) atoms. The number of nitrogens with two attached hydrogens (primary N) is 1. The molecule has 0 unspecified atom stereocenters. The van der Waals surface area contributed by atoms with Gasteiger partial charge in [0, 0.05) is 6.20 Å². The maximum Gasteiger partial charge on any atom is 0.274 e. The van der Waals surface area contributed by atoms with Gasteiger partial charge in [0.15, 0.2) is 0 Å². The van der Waals surface area contributed by atoms with Crippen LogP contribution in [0.2, 0.25) is 0 Å². The molecule has 1 amide bonds. The van der Waals surface area contributed by atoms with Crippen molar-refractivity contribution < 1.29 is 4.79 Å². The molecule has 0 aliphatic heterocycles. The minimum Gasteiger partial charge on any atom is -0.397 e. The van der Waals surface area contributed by atoms with E-state index in [4.69, 9.17) is 5.73 Å². The average molecular weight is 203 g/mol. The molecule has 6 nitrogen and oxygen atoms in total. The van der Waals surface area contributed by atoms with E-state index in [9.17, 15) is 4.79 Å². The molecule has 0 radical (unpaired) electrons. The molecule has 0 atom stereocenters. The summed E-state index contributed by atoms with van der Waals surface area (Å²) in [6, 6.07) is 3.18. The molecule has 0 aliphatic rings. The van der Waals surface area contributed by atoms with E-state index in [1.165, 1.54) is 12.4 Å². The third-order valence-electron chi connectivity index (χ3n) is 1.78. The van der Waals surface area contributed by atoms with Gasteiger partial charge in [-0.15, -0.1) is 0 Å². The standard InChI is InChI=1S/C9H9N5O/c10-6-1-2-8(11-3-6)9(15)14-7-4-12-13-5-7/h1-5H,10H2,(H,12,13)(H,14,15). The zero-order chi connectivity index (χ0) is 10.7.